The molecule has 8 nitrogen and oxygen atoms in total. The van der Waals surface area contributed by atoms with Gasteiger partial charge in [0.05, 0.1) is 40.3 Å². The zero-order valence-electron chi connectivity index (χ0n) is 18.4. The first-order valence-electron chi connectivity index (χ1n) is 10.6. The molecule has 4 rings (SSSR count). The highest BCUT2D eigenvalue weighted by Gasteiger charge is 2.40. The normalized spacial score (nSPS) is 22.9. The van der Waals surface area contributed by atoms with Gasteiger partial charge in [-0.15, -0.1) is 5.10 Å². The van der Waals surface area contributed by atoms with Crippen molar-refractivity contribution in [2.75, 3.05) is 6.61 Å². The summed E-state index contributed by atoms with van der Waals surface area (Å²) in [5.74, 6) is -4.34. The number of aliphatic hydroxyl groups excluding tert-OH is 2. The van der Waals surface area contributed by atoms with Gasteiger partial charge in [0.25, 0.3) is 0 Å². The third-order valence-electron chi connectivity index (χ3n) is 5.64. The topological polar surface area (TPSA) is 119 Å². The van der Waals surface area contributed by atoms with Crippen LogP contribution in [0.3, 0.4) is 0 Å². The lowest BCUT2D eigenvalue weighted by Crippen LogP contribution is -2.49. The highest BCUT2D eigenvalue weighted by Crippen LogP contribution is 2.33. The Morgan fingerprint density at radius 2 is 1.92 bits per heavy atom. The first-order chi connectivity index (χ1) is 17.2. The summed E-state index contributed by atoms with van der Waals surface area (Å²) in [5.41, 5.74) is 6.46. The van der Waals surface area contributed by atoms with Crippen LogP contribution in [0.5, 0.6) is 0 Å². The highest BCUT2D eigenvalue weighted by molar-refractivity contribution is 6.42. The molecule has 0 aliphatic carbocycles. The molecule has 4 unspecified atom stereocenters. The second kappa shape index (κ2) is 11.0. The molecule has 1 fully saturated rings. The van der Waals surface area contributed by atoms with E-state index < -0.39 is 48.4 Å². The smallest absolute Gasteiger partial charge is 0.194 e. The Hall–Kier alpha value is -2.96. The molecular weight excluding hydrogens is 522 g/mol. The average Bonchev–Trinajstić information content (AvgIpc) is 3.34. The number of ether oxygens (including phenoxy) is 1. The molecule has 1 aromatic heterocycles. The number of hydrogen-bond donors (Lipinski definition) is 3. The summed E-state index contributed by atoms with van der Waals surface area (Å²) in [5, 5.41) is 29.2. The van der Waals surface area contributed by atoms with Crippen LogP contribution in [0.25, 0.3) is 11.3 Å². The standard InChI is InChI=1S/C23H20Cl2F3N5O3/c24-13-2-1-12(7-14(13)25)30-17(3-4-29)20-8-19(23(35)21(10-34)36-20)33-9-18(31-32-33)11-5-15(26)22(28)16(27)6-11/h1-7,9,19-21,23,34-35H,8,10,29H2. The quantitative estimate of drug-likeness (QED) is 0.321. The second-order valence-corrected chi connectivity index (χ2v) is 8.79. The molecule has 4 N–H and O–H groups in total. The van der Waals surface area contributed by atoms with Crippen molar-refractivity contribution in [1.82, 2.24) is 15.0 Å². The molecule has 4 atom stereocenters. The van der Waals surface area contributed by atoms with Gasteiger partial charge < -0.3 is 20.7 Å². The number of halogens is 5. The molecule has 2 aromatic carbocycles. The lowest BCUT2D eigenvalue weighted by atomic mass is 9.93. The minimum Gasteiger partial charge on any atom is -0.405 e. The third kappa shape index (κ3) is 5.40. The molecule has 0 spiro atoms. The average molecular weight is 542 g/mol. The van der Waals surface area contributed by atoms with Gasteiger partial charge in [0.2, 0.25) is 0 Å². The Morgan fingerprint density at radius 3 is 2.56 bits per heavy atom. The van der Waals surface area contributed by atoms with Crippen molar-refractivity contribution in [2.24, 2.45) is 10.7 Å². The number of aliphatic hydroxyl groups is 2. The zero-order chi connectivity index (χ0) is 26.0. The van der Waals surface area contributed by atoms with Gasteiger partial charge in [0.15, 0.2) is 17.5 Å². The summed E-state index contributed by atoms with van der Waals surface area (Å²) in [6, 6.07) is 5.58. The number of nitrogens with two attached hydrogens (primary N) is 1. The van der Waals surface area contributed by atoms with E-state index >= 15 is 0 Å². The van der Waals surface area contributed by atoms with Crippen LogP contribution in [-0.4, -0.2) is 55.8 Å². The lowest BCUT2D eigenvalue weighted by molar-refractivity contribution is -0.136. The molecule has 190 valence electrons. The molecule has 1 aliphatic heterocycles. The van der Waals surface area contributed by atoms with Gasteiger partial charge in [-0.3, -0.25) is 4.99 Å². The Labute approximate surface area is 213 Å². The predicted octanol–water partition coefficient (Wildman–Crippen LogP) is 3.97. The van der Waals surface area contributed by atoms with E-state index in [4.69, 9.17) is 33.7 Å². The summed E-state index contributed by atoms with van der Waals surface area (Å²) < 4.78 is 47.9. The number of aliphatic imine (C=N–C) groups is 1. The van der Waals surface area contributed by atoms with Crippen LogP contribution in [0.1, 0.15) is 12.5 Å². The number of rotatable bonds is 6. The Balaban J connectivity index is 1.67. The van der Waals surface area contributed by atoms with Gasteiger partial charge in [0.1, 0.15) is 24.0 Å². The van der Waals surface area contributed by atoms with Gasteiger partial charge in [-0.1, -0.05) is 28.4 Å². The zero-order valence-corrected chi connectivity index (χ0v) is 19.9. The first-order valence-corrected chi connectivity index (χ1v) is 11.4. The maximum absolute atomic E-state index is 13.7. The van der Waals surface area contributed by atoms with Crippen molar-refractivity contribution in [2.45, 2.75) is 30.8 Å². The van der Waals surface area contributed by atoms with Gasteiger partial charge in [0, 0.05) is 12.0 Å². The monoisotopic (exact) mass is 541 g/mol. The van der Waals surface area contributed by atoms with Crippen LogP contribution in [-0.2, 0) is 4.74 Å². The molecule has 0 amide bonds. The van der Waals surface area contributed by atoms with Crippen molar-refractivity contribution in [3.63, 3.8) is 0 Å². The summed E-state index contributed by atoms with van der Waals surface area (Å²) in [6.45, 7) is -0.517. The first kappa shape index (κ1) is 26.1. The van der Waals surface area contributed by atoms with E-state index in [0.29, 0.717) is 21.4 Å². The fraction of sp³-hybridized carbons (Fsp3) is 0.261. The van der Waals surface area contributed by atoms with Crippen molar-refractivity contribution >= 4 is 34.6 Å². The molecule has 0 bridgehead atoms. The summed E-state index contributed by atoms with van der Waals surface area (Å²) in [7, 11) is 0. The molecule has 1 aliphatic rings. The van der Waals surface area contributed by atoms with E-state index in [1.165, 1.54) is 23.2 Å². The Bertz CT molecular complexity index is 1300. The van der Waals surface area contributed by atoms with Crippen LogP contribution in [0.15, 0.2) is 53.8 Å². The van der Waals surface area contributed by atoms with E-state index in [0.717, 1.165) is 12.1 Å². The Morgan fingerprint density at radius 1 is 1.19 bits per heavy atom. The van der Waals surface area contributed by atoms with Crippen LogP contribution in [0.4, 0.5) is 18.9 Å². The van der Waals surface area contributed by atoms with Gasteiger partial charge in [-0.2, -0.15) is 0 Å². The molecule has 1 saturated heterocycles. The highest BCUT2D eigenvalue weighted by atomic mass is 35.5. The number of benzene rings is 2. The lowest BCUT2D eigenvalue weighted by Gasteiger charge is -2.38. The van der Waals surface area contributed by atoms with Crippen LogP contribution < -0.4 is 5.73 Å². The number of nitrogens with zero attached hydrogens (tertiary/aromatic N) is 4. The number of aromatic nitrogens is 3. The molecule has 3 aromatic rings. The maximum atomic E-state index is 13.7. The summed E-state index contributed by atoms with van der Waals surface area (Å²) in [4.78, 5) is 4.53. The van der Waals surface area contributed by atoms with Crippen molar-refractivity contribution < 1.29 is 28.1 Å². The van der Waals surface area contributed by atoms with E-state index in [1.54, 1.807) is 18.2 Å². The minimum absolute atomic E-state index is 0.0395. The van der Waals surface area contributed by atoms with Gasteiger partial charge >= 0.3 is 0 Å². The van der Waals surface area contributed by atoms with Crippen LogP contribution in [0.2, 0.25) is 10.0 Å². The summed E-state index contributed by atoms with van der Waals surface area (Å²) in [6.07, 6.45) is 1.26. The fourth-order valence-electron chi connectivity index (χ4n) is 3.85. The summed E-state index contributed by atoms with van der Waals surface area (Å²) >= 11 is 12.1. The van der Waals surface area contributed by atoms with Crippen molar-refractivity contribution in [3.05, 3.63) is 76.3 Å². The van der Waals surface area contributed by atoms with Crippen molar-refractivity contribution in [3.8, 4) is 11.3 Å². The molecule has 0 radical (unpaired) electrons. The Kier molecular flexibility index (Phi) is 7.96. The molecular formula is C23H20Cl2F3N5O3. The van der Waals surface area contributed by atoms with E-state index in [1.807, 2.05) is 0 Å². The third-order valence-corrected chi connectivity index (χ3v) is 6.38. The molecule has 0 saturated carbocycles. The predicted molar refractivity (Wildman–Crippen MR) is 128 cm³/mol. The maximum Gasteiger partial charge on any atom is 0.194 e. The fourth-order valence-corrected chi connectivity index (χ4v) is 4.15. The van der Waals surface area contributed by atoms with E-state index in [9.17, 15) is 23.4 Å². The number of hydrogen-bond acceptors (Lipinski definition) is 7. The molecule has 13 heteroatoms. The largest absolute Gasteiger partial charge is 0.405 e. The second-order valence-electron chi connectivity index (χ2n) is 7.97. The van der Waals surface area contributed by atoms with Crippen LogP contribution in [0, 0.1) is 17.5 Å². The molecule has 36 heavy (non-hydrogen) atoms. The van der Waals surface area contributed by atoms with Crippen molar-refractivity contribution in [1.29, 1.82) is 0 Å². The van der Waals surface area contributed by atoms with Crippen LogP contribution >= 0.6 is 23.2 Å². The van der Waals surface area contributed by atoms with E-state index in [2.05, 4.69) is 15.3 Å². The van der Waals surface area contributed by atoms with E-state index in [-0.39, 0.29) is 17.7 Å². The van der Waals surface area contributed by atoms with Gasteiger partial charge in [-0.05, 0) is 42.6 Å². The molecule has 2 heterocycles. The SMILES string of the molecule is NC=CC(=Nc1ccc(Cl)c(Cl)c1)C1CC(n2cc(-c3cc(F)c(F)c(F)c3)nn2)C(O)C(CO)O1. The van der Waals surface area contributed by atoms with Gasteiger partial charge in [-0.25, -0.2) is 17.9 Å². The minimum atomic E-state index is -1.60.